The quantitative estimate of drug-likeness (QED) is 0.740. The molecule has 0 radical (unpaired) electrons. The molecule has 0 saturated heterocycles. The van der Waals surface area contributed by atoms with Crippen molar-refractivity contribution in [2.24, 2.45) is 0 Å². The second kappa shape index (κ2) is 6.83. The van der Waals surface area contributed by atoms with Crippen LogP contribution in [0, 0.1) is 11.3 Å². The topological polar surface area (TPSA) is 105 Å². The Hall–Kier alpha value is -3.50. The number of anilines is 1. The van der Waals surface area contributed by atoms with Crippen molar-refractivity contribution in [3.63, 3.8) is 0 Å². The third-order valence-electron chi connectivity index (χ3n) is 5.51. The molecule has 7 heteroatoms. The van der Waals surface area contributed by atoms with Gasteiger partial charge in [0.15, 0.2) is 0 Å². The van der Waals surface area contributed by atoms with Gasteiger partial charge in [0.1, 0.15) is 11.9 Å². The van der Waals surface area contributed by atoms with Gasteiger partial charge in [0.05, 0.1) is 36.5 Å². The number of hydrogen-bond donors (Lipinski definition) is 1. The Labute approximate surface area is 167 Å². The molecular formula is C22H19N5O2. The molecule has 2 N–H and O–H groups in total. The first-order chi connectivity index (χ1) is 14.1. The Morgan fingerprint density at radius 1 is 1.24 bits per heavy atom. The predicted octanol–water partition coefficient (Wildman–Crippen LogP) is 2.92. The first-order valence-electron chi connectivity index (χ1n) is 9.59. The highest BCUT2D eigenvalue weighted by atomic mass is 16.5. The maximum atomic E-state index is 13.3. The highest BCUT2D eigenvalue weighted by Gasteiger charge is 2.33. The SMILES string of the molecule is N#Cc1ccc(CN(C(=O)c2ccc3nc(N)c4c(c3c2)COC4)C2CC2)nc1. The monoisotopic (exact) mass is 385 g/mol. The number of rotatable bonds is 4. The Morgan fingerprint density at radius 3 is 2.79 bits per heavy atom. The summed E-state index contributed by atoms with van der Waals surface area (Å²) >= 11 is 0. The number of carbonyl (C=O) groups is 1. The van der Waals surface area contributed by atoms with Crippen molar-refractivity contribution in [1.82, 2.24) is 14.9 Å². The fraction of sp³-hybridized carbons (Fsp3) is 0.273. The molecule has 0 unspecified atom stereocenters. The maximum absolute atomic E-state index is 13.3. The molecule has 3 aromatic rings. The van der Waals surface area contributed by atoms with Gasteiger partial charge in [-0.25, -0.2) is 4.98 Å². The van der Waals surface area contributed by atoms with E-state index in [2.05, 4.69) is 16.0 Å². The van der Waals surface area contributed by atoms with Crippen LogP contribution in [0.4, 0.5) is 5.82 Å². The number of amides is 1. The van der Waals surface area contributed by atoms with E-state index < -0.39 is 0 Å². The molecule has 0 bridgehead atoms. The summed E-state index contributed by atoms with van der Waals surface area (Å²) in [4.78, 5) is 24.0. The molecule has 1 aliphatic heterocycles. The third-order valence-corrected chi connectivity index (χ3v) is 5.51. The third kappa shape index (κ3) is 3.18. The lowest BCUT2D eigenvalue weighted by molar-refractivity contribution is 0.0728. The van der Waals surface area contributed by atoms with Crippen LogP contribution < -0.4 is 5.73 Å². The van der Waals surface area contributed by atoms with Crippen molar-refractivity contribution < 1.29 is 9.53 Å². The standard InChI is InChI=1S/C22H19N5O2/c23-8-13-1-3-15(25-9-13)10-27(16-4-5-16)22(28)14-2-6-20-17(7-14)18-11-29-12-19(18)21(24)26-20/h1-3,6-7,9,16H,4-5,10-12H2,(H2,24,26). The summed E-state index contributed by atoms with van der Waals surface area (Å²) in [6.45, 7) is 1.37. The second-order valence-electron chi connectivity index (χ2n) is 7.49. The van der Waals surface area contributed by atoms with Gasteiger partial charge in [-0.3, -0.25) is 9.78 Å². The van der Waals surface area contributed by atoms with E-state index in [1.165, 1.54) is 0 Å². The summed E-state index contributed by atoms with van der Waals surface area (Å²) in [5.74, 6) is 0.473. The molecule has 3 heterocycles. The van der Waals surface area contributed by atoms with E-state index in [0.717, 1.165) is 40.6 Å². The van der Waals surface area contributed by atoms with Crippen molar-refractivity contribution in [3.8, 4) is 6.07 Å². The van der Waals surface area contributed by atoms with E-state index in [9.17, 15) is 4.79 Å². The van der Waals surface area contributed by atoms with Crippen molar-refractivity contribution in [3.05, 3.63) is 64.5 Å². The minimum atomic E-state index is -0.0231. The molecule has 1 aromatic carbocycles. The number of nitrogens with two attached hydrogens (primary N) is 1. The Morgan fingerprint density at radius 2 is 2.07 bits per heavy atom. The van der Waals surface area contributed by atoms with Gasteiger partial charge in [0, 0.05) is 28.8 Å². The Balaban J connectivity index is 1.48. The average Bonchev–Trinajstić information content (AvgIpc) is 3.46. The lowest BCUT2D eigenvalue weighted by atomic mass is 10.0. The summed E-state index contributed by atoms with van der Waals surface area (Å²) in [7, 11) is 0. The number of nitrogen functional groups attached to an aromatic ring is 1. The number of ether oxygens (including phenoxy) is 1. The zero-order valence-corrected chi connectivity index (χ0v) is 15.8. The molecule has 1 amide bonds. The molecule has 1 fully saturated rings. The number of fused-ring (bicyclic) bond motifs is 3. The van der Waals surface area contributed by atoms with Crippen molar-refractivity contribution >= 4 is 22.6 Å². The molecule has 2 aromatic heterocycles. The van der Waals surface area contributed by atoms with Gasteiger partial charge in [0.25, 0.3) is 5.91 Å². The molecule has 1 aliphatic carbocycles. The van der Waals surface area contributed by atoms with Gasteiger partial charge in [0.2, 0.25) is 0 Å². The van der Waals surface area contributed by atoms with Crippen LogP contribution in [-0.2, 0) is 24.5 Å². The van der Waals surface area contributed by atoms with Crippen LogP contribution in [0.25, 0.3) is 10.9 Å². The molecule has 2 aliphatic rings. The van der Waals surface area contributed by atoms with Gasteiger partial charge >= 0.3 is 0 Å². The van der Waals surface area contributed by atoms with E-state index in [0.29, 0.717) is 36.7 Å². The molecular weight excluding hydrogens is 366 g/mol. The Bertz CT molecular complexity index is 1160. The highest BCUT2D eigenvalue weighted by molar-refractivity contribution is 5.99. The fourth-order valence-corrected chi connectivity index (χ4v) is 3.78. The van der Waals surface area contributed by atoms with Gasteiger partial charge in [-0.15, -0.1) is 0 Å². The first-order valence-corrected chi connectivity index (χ1v) is 9.59. The van der Waals surface area contributed by atoms with Gasteiger partial charge in [-0.2, -0.15) is 5.26 Å². The summed E-state index contributed by atoms with van der Waals surface area (Å²) in [6.07, 6.45) is 3.54. The molecule has 1 saturated carbocycles. The number of benzene rings is 1. The predicted molar refractivity (Wildman–Crippen MR) is 106 cm³/mol. The minimum Gasteiger partial charge on any atom is -0.383 e. The molecule has 7 nitrogen and oxygen atoms in total. The largest absolute Gasteiger partial charge is 0.383 e. The highest BCUT2D eigenvalue weighted by Crippen LogP contribution is 2.33. The number of aromatic nitrogens is 2. The maximum Gasteiger partial charge on any atom is 0.254 e. The van der Waals surface area contributed by atoms with Crippen molar-refractivity contribution in [2.45, 2.75) is 38.6 Å². The van der Waals surface area contributed by atoms with E-state index >= 15 is 0 Å². The van der Waals surface area contributed by atoms with Crippen LogP contribution in [0.3, 0.4) is 0 Å². The Kier molecular flexibility index (Phi) is 4.14. The summed E-state index contributed by atoms with van der Waals surface area (Å²) in [5.41, 5.74) is 10.7. The van der Waals surface area contributed by atoms with E-state index in [1.807, 2.05) is 17.0 Å². The summed E-state index contributed by atoms with van der Waals surface area (Å²) in [5, 5.41) is 9.86. The molecule has 29 heavy (non-hydrogen) atoms. The van der Waals surface area contributed by atoms with Crippen LogP contribution >= 0.6 is 0 Å². The molecule has 144 valence electrons. The second-order valence-corrected chi connectivity index (χ2v) is 7.49. The normalized spacial score (nSPS) is 15.1. The van der Waals surface area contributed by atoms with Crippen LogP contribution in [0.1, 0.15) is 45.6 Å². The van der Waals surface area contributed by atoms with Crippen LogP contribution in [0.2, 0.25) is 0 Å². The van der Waals surface area contributed by atoms with Crippen LogP contribution in [-0.4, -0.2) is 26.8 Å². The number of pyridine rings is 2. The smallest absolute Gasteiger partial charge is 0.254 e. The van der Waals surface area contributed by atoms with Crippen molar-refractivity contribution in [1.29, 1.82) is 5.26 Å². The number of carbonyl (C=O) groups excluding carboxylic acids is 1. The number of hydrogen-bond acceptors (Lipinski definition) is 6. The minimum absolute atomic E-state index is 0.0231. The van der Waals surface area contributed by atoms with E-state index in [4.69, 9.17) is 15.7 Å². The van der Waals surface area contributed by atoms with Crippen molar-refractivity contribution in [2.75, 3.05) is 5.73 Å². The van der Waals surface area contributed by atoms with E-state index in [-0.39, 0.29) is 11.9 Å². The zero-order valence-electron chi connectivity index (χ0n) is 15.8. The van der Waals surface area contributed by atoms with Gasteiger partial charge in [-0.1, -0.05) is 0 Å². The first kappa shape index (κ1) is 17.6. The molecule has 0 atom stereocenters. The summed E-state index contributed by atoms with van der Waals surface area (Å²) < 4.78 is 5.55. The van der Waals surface area contributed by atoms with Crippen LogP contribution in [0.5, 0.6) is 0 Å². The lowest BCUT2D eigenvalue weighted by Crippen LogP contribution is -2.33. The molecule has 0 spiro atoms. The lowest BCUT2D eigenvalue weighted by Gasteiger charge is -2.22. The number of nitriles is 1. The average molecular weight is 385 g/mol. The van der Waals surface area contributed by atoms with Gasteiger partial charge < -0.3 is 15.4 Å². The molecule has 5 rings (SSSR count). The van der Waals surface area contributed by atoms with Crippen LogP contribution in [0.15, 0.2) is 36.5 Å². The number of nitrogens with zero attached hydrogens (tertiary/aromatic N) is 4. The van der Waals surface area contributed by atoms with E-state index in [1.54, 1.807) is 24.4 Å². The van der Waals surface area contributed by atoms with Gasteiger partial charge in [-0.05, 0) is 48.7 Å². The summed E-state index contributed by atoms with van der Waals surface area (Å²) in [6, 6.07) is 11.4. The fourth-order valence-electron chi connectivity index (χ4n) is 3.78. The zero-order chi connectivity index (χ0) is 20.0.